The van der Waals surface area contributed by atoms with Gasteiger partial charge in [-0.2, -0.15) is 0 Å². The van der Waals surface area contributed by atoms with Gasteiger partial charge < -0.3 is 9.80 Å². The van der Waals surface area contributed by atoms with E-state index in [1.807, 2.05) is 0 Å². The molecule has 2 aliphatic rings. The minimum atomic E-state index is 0.756. The molecule has 1 spiro atoms. The highest BCUT2D eigenvalue weighted by Gasteiger charge is 2.39. The fourth-order valence-electron chi connectivity index (χ4n) is 3.09. The van der Waals surface area contributed by atoms with Gasteiger partial charge in [-0.05, 0) is 45.3 Å². The van der Waals surface area contributed by atoms with E-state index in [1.165, 1.54) is 58.3 Å². The molecule has 2 rings (SSSR count). The number of hydrogen-bond acceptors (Lipinski definition) is 2. The van der Waals surface area contributed by atoms with Crippen molar-refractivity contribution in [1.82, 2.24) is 9.80 Å². The SMILES string of the molecule is CN(C)CCN1CCC2(CCCC2)C1. The standard InChI is InChI=1S/C12H24N2/c1-13(2)9-10-14-8-7-12(11-14)5-3-4-6-12/h3-11H2,1-2H3. The van der Waals surface area contributed by atoms with Gasteiger partial charge in [-0.3, -0.25) is 0 Å². The van der Waals surface area contributed by atoms with Gasteiger partial charge in [-0.1, -0.05) is 12.8 Å². The lowest BCUT2D eigenvalue weighted by molar-refractivity contribution is 0.240. The summed E-state index contributed by atoms with van der Waals surface area (Å²) in [5.41, 5.74) is 0.756. The van der Waals surface area contributed by atoms with Gasteiger partial charge in [0, 0.05) is 19.6 Å². The minimum absolute atomic E-state index is 0.756. The lowest BCUT2D eigenvalue weighted by atomic mass is 9.86. The molecule has 14 heavy (non-hydrogen) atoms. The molecule has 0 aromatic rings. The van der Waals surface area contributed by atoms with Crippen molar-refractivity contribution in [3.05, 3.63) is 0 Å². The second kappa shape index (κ2) is 4.19. The Bertz CT molecular complexity index is 183. The van der Waals surface area contributed by atoms with Crippen LogP contribution >= 0.6 is 0 Å². The molecule has 0 N–H and O–H groups in total. The quantitative estimate of drug-likeness (QED) is 0.679. The van der Waals surface area contributed by atoms with E-state index in [-0.39, 0.29) is 0 Å². The summed E-state index contributed by atoms with van der Waals surface area (Å²) >= 11 is 0. The maximum Gasteiger partial charge on any atom is 0.0109 e. The number of nitrogens with zero attached hydrogens (tertiary/aromatic N) is 2. The van der Waals surface area contributed by atoms with Crippen LogP contribution in [-0.4, -0.2) is 50.1 Å². The molecule has 82 valence electrons. The van der Waals surface area contributed by atoms with Gasteiger partial charge in [-0.15, -0.1) is 0 Å². The van der Waals surface area contributed by atoms with Gasteiger partial charge in [0.1, 0.15) is 0 Å². The Morgan fingerprint density at radius 2 is 1.86 bits per heavy atom. The Hall–Kier alpha value is -0.0800. The van der Waals surface area contributed by atoms with Crippen LogP contribution in [0.1, 0.15) is 32.1 Å². The van der Waals surface area contributed by atoms with Crippen molar-refractivity contribution >= 4 is 0 Å². The van der Waals surface area contributed by atoms with Crippen molar-refractivity contribution in [1.29, 1.82) is 0 Å². The molecule has 1 saturated carbocycles. The molecule has 2 fully saturated rings. The second-order valence-corrected chi connectivity index (χ2v) is 5.54. The van der Waals surface area contributed by atoms with Crippen LogP contribution in [0.15, 0.2) is 0 Å². The molecule has 0 amide bonds. The molecule has 0 bridgehead atoms. The van der Waals surface area contributed by atoms with E-state index in [0.717, 1.165) is 5.41 Å². The van der Waals surface area contributed by atoms with Crippen LogP contribution in [0.3, 0.4) is 0 Å². The molecule has 0 atom stereocenters. The molecule has 2 nitrogen and oxygen atoms in total. The van der Waals surface area contributed by atoms with Crippen LogP contribution in [0.5, 0.6) is 0 Å². The number of likely N-dealkylation sites (tertiary alicyclic amines) is 1. The molecule has 0 aromatic carbocycles. The third-order valence-electron chi connectivity index (χ3n) is 4.05. The van der Waals surface area contributed by atoms with Crippen molar-refractivity contribution < 1.29 is 0 Å². The Balaban J connectivity index is 1.76. The summed E-state index contributed by atoms with van der Waals surface area (Å²) in [4.78, 5) is 4.96. The van der Waals surface area contributed by atoms with Crippen LogP contribution < -0.4 is 0 Å². The van der Waals surface area contributed by atoms with Gasteiger partial charge in [0.25, 0.3) is 0 Å². The Kier molecular flexibility index (Phi) is 3.13. The maximum absolute atomic E-state index is 2.67. The zero-order chi connectivity index (χ0) is 10.0. The van der Waals surface area contributed by atoms with E-state index >= 15 is 0 Å². The number of likely N-dealkylation sites (N-methyl/N-ethyl adjacent to an activating group) is 1. The largest absolute Gasteiger partial charge is 0.308 e. The Labute approximate surface area is 88.3 Å². The van der Waals surface area contributed by atoms with E-state index in [2.05, 4.69) is 23.9 Å². The van der Waals surface area contributed by atoms with Crippen LogP contribution in [-0.2, 0) is 0 Å². The van der Waals surface area contributed by atoms with Gasteiger partial charge in [0.2, 0.25) is 0 Å². The van der Waals surface area contributed by atoms with Crippen molar-refractivity contribution in [2.45, 2.75) is 32.1 Å². The molecule has 0 radical (unpaired) electrons. The predicted octanol–water partition coefficient (Wildman–Crippen LogP) is 1.81. The molecular formula is C12H24N2. The summed E-state index contributed by atoms with van der Waals surface area (Å²) in [6.07, 6.45) is 7.46. The third kappa shape index (κ3) is 2.29. The Morgan fingerprint density at radius 1 is 1.14 bits per heavy atom. The van der Waals surface area contributed by atoms with E-state index in [0.29, 0.717) is 0 Å². The summed E-state index contributed by atoms with van der Waals surface area (Å²) in [6, 6.07) is 0. The molecule has 1 saturated heterocycles. The summed E-state index contributed by atoms with van der Waals surface area (Å²) in [5.74, 6) is 0. The van der Waals surface area contributed by atoms with Crippen LogP contribution in [0.4, 0.5) is 0 Å². The zero-order valence-electron chi connectivity index (χ0n) is 9.76. The Morgan fingerprint density at radius 3 is 2.50 bits per heavy atom. The molecule has 1 heterocycles. The topological polar surface area (TPSA) is 6.48 Å². The number of hydrogen-bond donors (Lipinski definition) is 0. The lowest BCUT2D eigenvalue weighted by Crippen LogP contribution is -2.31. The molecule has 2 heteroatoms. The first-order valence-electron chi connectivity index (χ1n) is 6.07. The van der Waals surface area contributed by atoms with E-state index < -0.39 is 0 Å². The normalized spacial score (nSPS) is 26.8. The third-order valence-corrected chi connectivity index (χ3v) is 4.05. The molecule has 1 aliphatic carbocycles. The van der Waals surface area contributed by atoms with Crippen molar-refractivity contribution in [2.24, 2.45) is 5.41 Å². The van der Waals surface area contributed by atoms with Crippen LogP contribution in [0, 0.1) is 5.41 Å². The van der Waals surface area contributed by atoms with E-state index in [4.69, 9.17) is 0 Å². The van der Waals surface area contributed by atoms with Crippen LogP contribution in [0.2, 0.25) is 0 Å². The van der Waals surface area contributed by atoms with E-state index in [1.54, 1.807) is 0 Å². The minimum Gasteiger partial charge on any atom is -0.308 e. The monoisotopic (exact) mass is 196 g/mol. The molecule has 0 aromatic heterocycles. The molecule has 0 unspecified atom stereocenters. The van der Waals surface area contributed by atoms with Crippen LogP contribution in [0.25, 0.3) is 0 Å². The maximum atomic E-state index is 2.67. The predicted molar refractivity (Wildman–Crippen MR) is 60.5 cm³/mol. The highest BCUT2D eigenvalue weighted by molar-refractivity contribution is 4.93. The average molecular weight is 196 g/mol. The lowest BCUT2D eigenvalue weighted by Gasteiger charge is -2.24. The summed E-state index contributed by atoms with van der Waals surface area (Å²) in [7, 11) is 4.34. The number of rotatable bonds is 3. The molecule has 1 aliphatic heterocycles. The zero-order valence-corrected chi connectivity index (χ0v) is 9.76. The summed E-state index contributed by atoms with van der Waals surface area (Å²) in [6.45, 7) is 5.24. The van der Waals surface area contributed by atoms with Gasteiger partial charge in [0.15, 0.2) is 0 Å². The van der Waals surface area contributed by atoms with Crippen molar-refractivity contribution in [3.8, 4) is 0 Å². The first-order valence-corrected chi connectivity index (χ1v) is 6.07. The van der Waals surface area contributed by atoms with E-state index in [9.17, 15) is 0 Å². The van der Waals surface area contributed by atoms with Crippen molar-refractivity contribution in [2.75, 3.05) is 40.3 Å². The second-order valence-electron chi connectivity index (χ2n) is 5.54. The van der Waals surface area contributed by atoms with Crippen molar-refractivity contribution in [3.63, 3.8) is 0 Å². The van der Waals surface area contributed by atoms with Gasteiger partial charge in [-0.25, -0.2) is 0 Å². The first-order chi connectivity index (χ1) is 6.70. The summed E-state index contributed by atoms with van der Waals surface area (Å²) in [5, 5.41) is 0. The van der Waals surface area contributed by atoms with Gasteiger partial charge >= 0.3 is 0 Å². The highest BCUT2D eigenvalue weighted by atomic mass is 15.2. The average Bonchev–Trinajstić information content (AvgIpc) is 2.74. The first kappa shape index (κ1) is 10.4. The fourth-order valence-corrected chi connectivity index (χ4v) is 3.09. The summed E-state index contributed by atoms with van der Waals surface area (Å²) < 4.78 is 0. The molecular weight excluding hydrogens is 172 g/mol. The smallest absolute Gasteiger partial charge is 0.0109 e. The van der Waals surface area contributed by atoms with Gasteiger partial charge in [0.05, 0.1) is 0 Å². The fraction of sp³-hybridized carbons (Fsp3) is 1.00. The highest BCUT2D eigenvalue weighted by Crippen LogP contribution is 2.45.